The Balaban J connectivity index is 1.63. The number of amides is 2. The molecule has 0 saturated carbocycles. The number of thioether (sulfide) groups is 1. The zero-order chi connectivity index (χ0) is 19.4. The highest BCUT2D eigenvalue weighted by Gasteiger charge is 2.34. The molecule has 2 amide bonds. The van der Waals surface area contributed by atoms with Gasteiger partial charge in [0.1, 0.15) is 18.1 Å². The summed E-state index contributed by atoms with van der Waals surface area (Å²) in [5.74, 6) is 1.52. The van der Waals surface area contributed by atoms with Crippen molar-refractivity contribution in [2.45, 2.75) is 6.61 Å². The van der Waals surface area contributed by atoms with E-state index in [4.69, 9.17) is 20.7 Å². The van der Waals surface area contributed by atoms with Crippen LogP contribution >= 0.6 is 11.8 Å². The van der Waals surface area contributed by atoms with Crippen LogP contribution in [0, 0.1) is 12.3 Å². The van der Waals surface area contributed by atoms with Gasteiger partial charge in [0.2, 0.25) is 5.76 Å². The summed E-state index contributed by atoms with van der Waals surface area (Å²) in [5, 5.41) is 8.43. The Morgan fingerprint density at radius 2 is 2.00 bits per heavy atom. The SMILES string of the molecule is C#CCN1C(=O)S/C(=C\c2ccc(OCc3ccc(C(=O)O)o3)cc2)C1=O. The molecule has 0 spiro atoms. The molecule has 7 nitrogen and oxygen atoms in total. The van der Waals surface area contributed by atoms with Crippen LogP contribution in [0.5, 0.6) is 5.75 Å². The summed E-state index contributed by atoms with van der Waals surface area (Å²) in [6.45, 7) is 0.0305. The topological polar surface area (TPSA) is 97.1 Å². The molecule has 8 heteroatoms. The molecule has 3 rings (SSSR count). The lowest BCUT2D eigenvalue weighted by Gasteiger charge is -2.06. The summed E-state index contributed by atoms with van der Waals surface area (Å²) in [6, 6.07) is 9.74. The van der Waals surface area contributed by atoms with Crippen LogP contribution < -0.4 is 4.74 Å². The van der Waals surface area contributed by atoms with E-state index in [9.17, 15) is 14.4 Å². The minimum atomic E-state index is -1.14. The van der Waals surface area contributed by atoms with Crippen molar-refractivity contribution in [1.29, 1.82) is 0 Å². The number of carboxylic acids is 1. The van der Waals surface area contributed by atoms with Crippen molar-refractivity contribution in [3.8, 4) is 18.1 Å². The van der Waals surface area contributed by atoms with Gasteiger partial charge in [0.05, 0.1) is 11.4 Å². The molecule has 0 unspecified atom stereocenters. The van der Waals surface area contributed by atoms with Crippen molar-refractivity contribution < 1.29 is 28.6 Å². The summed E-state index contributed by atoms with van der Waals surface area (Å²) in [4.78, 5) is 36.0. The van der Waals surface area contributed by atoms with E-state index in [2.05, 4.69) is 5.92 Å². The largest absolute Gasteiger partial charge is 0.486 e. The first-order chi connectivity index (χ1) is 13.0. The molecule has 0 radical (unpaired) electrons. The van der Waals surface area contributed by atoms with Crippen LogP contribution in [0.15, 0.2) is 45.7 Å². The van der Waals surface area contributed by atoms with Crippen LogP contribution in [-0.2, 0) is 11.4 Å². The van der Waals surface area contributed by atoms with Crippen LogP contribution in [0.4, 0.5) is 4.79 Å². The number of carbonyl (C=O) groups is 3. The highest BCUT2D eigenvalue weighted by atomic mass is 32.2. The van der Waals surface area contributed by atoms with E-state index in [0.29, 0.717) is 16.4 Å². The van der Waals surface area contributed by atoms with Gasteiger partial charge in [-0.3, -0.25) is 14.5 Å². The van der Waals surface area contributed by atoms with E-state index in [1.54, 1.807) is 30.3 Å². The third-order valence-corrected chi connectivity index (χ3v) is 4.46. The molecule has 0 aliphatic carbocycles. The molecule has 0 atom stereocenters. The highest BCUT2D eigenvalue weighted by Crippen LogP contribution is 2.32. The number of terminal acetylenes is 1. The number of nitrogens with zero attached hydrogens (tertiary/aromatic N) is 1. The van der Waals surface area contributed by atoms with Gasteiger partial charge >= 0.3 is 5.97 Å². The first-order valence-corrected chi connectivity index (χ1v) is 8.53. The Hall–Kier alpha value is -3.44. The van der Waals surface area contributed by atoms with Gasteiger partial charge in [-0.05, 0) is 47.7 Å². The number of imide groups is 1. The summed E-state index contributed by atoms with van der Waals surface area (Å²) < 4.78 is 10.6. The number of rotatable bonds is 6. The van der Waals surface area contributed by atoms with Crippen molar-refractivity contribution >= 4 is 35.0 Å². The second-order valence-electron chi connectivity index (χ2n) is 5.40. The molecular formula is C19H13NO6S. The number of aromatic carboxylic acids is 1. The van der Waals surface area contributed by atoms with Crippen LogP contribution in [-0.4, -0.2) is 33.7 Å². The molecular weight excluding hydrogens is 370 g/mol. The van der Waals surface area contributed by atoms with Crippen LogP contribution in [0.1, 0.15) is 21.9 Å². The van der Waals surface area contributed by atoms with Gasteiger partial charge in [0, 0.05) is 0 Å². The van der Waals surface area contributed by atoms with Crippen LogP contribution in [0.25, 0.3) is 6.08 Å². The van der Waals surface area contributed by atoms with E-state index in [-0.39, 0.29) is 24.2 Å². The molecule has 27 heavy (non-hydrogen) atoms. The molecule has 1 aromatic carbocycles. The number of furan rings is 1. The molecule has 1 aliphatic heterocycles. The number of ether oxygens (including phenoxy) is 1. The number of carboxylic acid groups (broad SMARTS) is 1. The maximum atomic E-state index is 12.1. The van der Waals surface area contributed by atoms with Crippen molar-refractivity contribution in [3.05, 3.63) is 58.4 Å². The van der Waals surface area contributed by atoms with Gasteiger partial charge in [-0.1, -0.05) is 18.1 Å². The minimum Gasteiger partial charge on any atom is -0.486 e. The van der Waals surface area contributed by atoms with Gasteiger partial charge in [0.25, 0.3) is 11.1 Å². The number of hydrogen-bond acceptors (Lipinski definition) is 6. The van der Waals surface area contributed by atoms with E-state index < -0.39 is 11.9 Å². The standard InChI is InChI=1S/C19H13NO6S/c1-2-9-20-17(21)16(27-19(20)24)10-12-3-5-13(6-4-12)25-11-14-7-8-15(26-14)18(22)23/h1,3-8,10H,9,11H2,(H,22,23)/b16-10-. The predicted octanol–water partition coefficient (Wildman–Crippen LogP) is 3.23. The number of carbonyl (C=O) groups excluding carboxylic acids is 2. The quantitative estimate of drug-likeness (QED) is 0.604. The second kappa shape index (κ2) is 7.85. The summed E-state index contributed by atoms with van der Waals surface area (Å²) in [7, 11) is 0. The average Bonchev–Trinajstić information content (AvgIpc) is 3.22. The highest BCUT2D eigenvalue weighted by molar-refractivity contribution is 8.18. The molecule has 2 aromatic rings. The van der Waals surface area contributed by atoms with Gasteiger partial charge in [-0.25, -0.2) is 4.79 Å². The zero-order valence-corrected chi connectivity index (χ0v) is 14.7. The Labute approximate surface area is 158 Å². The Morgan fingerprint density at radius 3 is 2.63 bits per heavy atom. The monoisotopic (exact) mass is 383 g/mol. The van der Waals surface area contributed by atoms with Crippen molar-refractivity contribution in [2.75, 3.05) is 6.54 Å². The second-order valence-corrected chi connectivity index (χ2v) is 6.39. The summed E-state index contributed by atoms with van der Waals surface area (Å²) in [6.07, 6.45) is 6.77. The third-order valence-electron chi connectivity index (χ3n) is 3.55. The minimum absolute atomic E-state index is 0.0504. The van der Waals surface area contributed by atoms with Gasteiger partial charge in [-0.2, -0.15) is 0 Å². The van der Waals surface area contributed by atoms with Crippen molar-refractivity contribution in [3.63, 3.8) is 0 Å². The lowest BCUT2D eigenvalue weighted by molar-refractivity contribution is -0.122. The van der Waals surface area contributed by atoms with Crippen LogP contribution in [0.3, 0.4) is 0 Å². The molecule has 2 heterocycles. The number of benzene rings is 1. The Kier molecular flexibility index (Phi) is 5.33. The maximum Gasteiger partial charge on any atom is 0.371 e. The van der Waals surface area contributed by atoms with E-state index in [0.717, 1.165) is 22.2 Å². The zero-order valence-electron chi connectivity index (χ0n) is 13.9. The van der Waals surface area contributed by atoms with Gasteiger partial charge in [-0.15, -0.1) is 6.42 Å². The fourth-order valence-electron chi connectivity index (χ4n) is 2.26. The fraction of sp³-hybridized carbons (Fsp3) is 0.105. The van der Waals surface area contributed by atoms with Crippen molar-refractivity contribution in [1.82, 2.24) is 4.90 Å². The summed E-state index contributed by atoms with van der Waals surface area (Å²) in [5.41, 5.74) is 0.722. The fourth-order valence-corrected chi connectivity index (χ4v) is 3.10. The molecule has 136 valence electrons. The lowest BCUT2D eigenvalue weighted by Crippen LogP contribution is -2.28. The first kappa shape index (κ1) is 18.4. The van der Waals surface area contributed by atoms with E-state index in [1.165, 1.54) is 12.1 Å². The van der Waals surface area contributed by atoms with E-state index in [1.807, 2.05) is 0 Å². The molecule has 1 N–H and O–H groups in total. The first-order valence-electron chi connectivity index (χ1n) is 7.71. The van der Waals surface area contributed by atoms with E-state index >= 15 is 0 Å². The molecule has 1 aromatic heterocycles. The number of hydrogen-bond donors (Lipinski definition) is 1. The molecule has 1 aliphatic rings. The third kappa shape index (κ3) is 4.22. The van der Waals surface area contributed by atoms with Gasteiger partial charge in [0.15, 0.2) is 0 Å². The smallest absolute Gasteiger partial charge is 0.371 e. The lowest BCUT2D eigenvalue weighted by atomic mass is 10.2. The average molecular weight is 383 g/mol. The van der Waals surface area contributed by atoms with Gasteiger partial charge < -0.3 is 14.3 Å². The summed E-state index contributed by atoms with van der Waals surface area (Å²) >= 11 is 0.844. The maximum absolute atomic E-state index is 12.1. The normalized spacial score (nSPS) is 15.2. The molecule has 1 fully saturated rings. The molecule has 0 bridgehead atoms. The predicted molar refractivity (Wildman–Crippen MR) is 98.0 cm³/mol. The van der Waals surface area contributed by atoms with Crippen molar-refractivity contribution in [2.24, 2.45) is 0 Å². The Bertz CT molecular complexity index is 967. The molecule has 1 saturated heterocycles. The van der Waals surface area contributed by atoms with Crippen LogP contribution in [0.2, 0.25) is 0 Å². The Morgan fingerprint density at radius 1 is 1.26 bits per heavy atom.